The lowest BCUT2D eigenvalue weighted by molar-refractivity contribution is 0.213. The van der Waals surface area contributed by atoms with E-state index < -0.39 is 0 Å². The largest absolute Gasteiger partial charge is 0.0651 e. The second kappa shape index (κ2) is 6.45. The van der Waals surface area contributed by atoms with E-state index in [0.717, 1.165) is 12.3 Å². The maximum atomic E-state index is 3.87. The van der Waals surface area contributed by atoms with Crippen LogP contribution in [0.3, 0.4) is 0 Å². The lowest BCUT2D eigenvalue weighted by Gasteiger charge is -2.29. The van der Waals surface area contributed by atoms with Gasteiger partial charge in [-0.05, 0) is 17.8 Å². The van der Waals surface area contributed by atoms with Crippen LogP contribution in [-0.4, -0.2) is 0 Å². The van der Waals surface area contributed by atoms with Crippen molar-refractivity contribution in [1.29, 1.82) is 0 Å². The van der Waals surface area contributed by atoms with Gasteiger partial charge in [-0.2, -0.15) is 0 Å². The smallest absolute Gasteiger partial charge is 0.0354 e. The van der Waals surface area contributed by atoms with Crippen LogP contribution >= 0.6 is 0 Å². The monoisotopic (exact) mass is 183 g/mol. The van der Waals surface area contributed by atoms with Gasteiger partial charge in [-0.3, -0.25) is 0 Å². The lowest BCUT2D eigenvalue weighted by Crippen LogP contribution is -2.19. The number of rotatable bonds is 6. The molecule has 1 radical (unpaired) electrons. The average molecular weight is 183 g/mol. The zero-order valence-electron chi connectivity index (χ0n) is 10.0. The molecule has 0 fully saturated rings. The van der Waals surface area contributed by atoms with Gasteiger partial charge in [-0.25, -0.2) is 0 Å². The van der Waals surface area contributed by atoms with Gasteiger partial charge in [-0.1, -0.05) is 66.7 Å². The summed E-state index contributed by atoms with van der Waals surface area (Å²) in [5, 5.41) is 0. The Morgan fingerprint density at radius 2 is 1.69 bits per heavy atom. The van der Waals surface area contributed by atoms with Crippen molar-refractivity contribution in [1.82, 2.24) is 0 Å². The molecule has 0 amide bonds. The molecule has 0 saturated heterocycles. The molecular formula is C13H27. The van der Waals surface area contributed by atoms with Crippen molar-refractivity contribution in [3.63, 3.8) is 0 Å². The van der Waals surface area contributed by atoms with Gasteiger partial charge in [0, 0.05) is 0 Å². The third-order valence-corrected chi connectivity index (χ3v) is 3.02. The van der Waals surface area contributed by atoms with Gasteiger partial charge < -0.3 is 0 Å². The Labute approximate surface area is 85.1 Å². The van der Waals surface area contributed by atoms with Crippen molar-refractivity contribution < 1.29 is 0 Å². The average Bonchev–Trinajstić information content (AvgIpc) is 2.02. The van der Waals surface area contributed by atoms with Crippen molar-refractivity contribution in [3.8, 4) is 0 Å². The van der Waals surface area contributed by atoms with E-state index in [1.165, 1.54) is 32.1 Å². The summed E-state index contributed by atoms with van der Waals surface area (Å²) in [6.07, 6.45) is 7.90. The maximum Gasteiger partial charge on any atom is -0.0354 e. The van der Waals surface area contributed by atoms with Crippen LogP contribution in [0.2, 0.25) is 0 Å². The second-order valence-corrected chi connectivity index (χ2v) is 5.17. The minimum atomic E-state index is 0.499. The number of hydrogen-bond donors (Lipinski definition) is 0. The Bertz CT molecular complexity index is 108. The molecule has 1 atom stereocenters. The van der Waals surface area contributed by atoms with Crippen molar-refractivity contribution in [3.05, 3.63) is 6.92 Å². The first-order valence-corrected chi connectivity index (χ1v) is 5.81. The van der Waals surface area contributed by atoms with Gasteiger partial charge >= 0.3 is 0 Å². The molecule has 0 bridgehead atoms. The fourth-order valence-electron chi connectivity index (χ4n) is 1.99. The van der Waals surface area contributed by atoms with Gasteiger partial charge in [0.2, 0.25) is 0 Å². The highest BCUT2D eigenvalue weighted by atomic mass is 14.3. The van der Waals surface area contributed by atoms with Crippen molar-refractivity contribution in [2.24, 2.45) is 11.3 Å². The fourth-order valence-corrected chi connectivity index (χ4v) is 1.99. The Kier molecular flexibility index (Phi) is 6.45. The van der Waals surface area contributed by atoms with Gasteiger partial charge in [0.25, 0.3) is 0 Å². The topological polar surface area (TPSA) is 0 Å². The zero-order chi connectivity index (χ0) is 10.3. The predicted octanol–water partition coefficient (Wildman–Crippen LogP) is 4.84. The molecule has 0 aromatic rings. The maximum absolute atomic E-state index is 3.87. The van der Waals surface area contributed by atoms with Crippen molar-refractivity contribution in [2.75, 3.05) is 0 Å². The molecule has 13 heavy (non-hydrogen) atoms. The van der Waals surface area contributed by atoms with Gasteiger partial charge in [0.1, 0.15) is 0 Å². The van der Waals surface area contributed by atoms with Crippen LogP contribution in [0.5, 0.6) is 0 Å². The lowest BCUT2D eigenvalue weighted by atomic mass is 9.76. The third kappa shape index (κ3) is 6.12. The normalized spacial score (nSPS) is 14.5. The minimum absolute atomic E-state index is 0.499. The molecule has 0 saturated carbocycles. The van der Waals surface area contributed by atoms with E-state index in [4.69, 9.17) is 0 Å². The zero-order valence-corrected chi connectivity index (χ0v) is 10.0. The Morgan fingerprint density at radius 1 is 1.08 bits per heavy atom. The summed E-state index contributed by atoms with van der Waals surface area (Å²) in [4.78, 5) is 0. The molecule has 0 heterocycles. The molecule has 79 valence electrons. The Hall–Kier alpha value is 0. The summed E-state index contributed by atoms with van der Waals surface area (Å²) in [6.45, 7) is 13.3. The molecular weight excluding hydrogens is 156 g/mol. The van der Waals surface area contributed by atoms with Gasteiger partial charge in [0.05, 0.1) is 0 Å². The highest BCUT2D eigenvalue weighted by Crippen LogP contribution is 2.32. The van der Waals surface area contributed by atoms with Crippen LogP contribution in [0.4, 0.5) is 0 Å². The molecule has 0 spiro atoms. The van der Waals surface area contributed by atoms with E-state index >= 15 is 0 Å². The summed E-state index contributed by atoms with van der Waals surface area (Å²) in [7, 11) is 0. The van der Waals surface area contributed by atoms with Crippen LogP contribution < -0.4 is 0 Å². The van der Waals surface area contributed by atoms with Crippen molar-refractivity contribution in [2.45, 2.75) is 66.2 Å². The summed E-state index contributed by atoms with van der Waals surface area (Å²) in [6, 6.07) is 0. The molecule has 0 aliphatic carbocycles. The molecule has 0 aromatic heterocycles. The molecule has 0 aliphatic rings. The quantitative estimate of drug-likeness (QED) is 0.517. The molecule has 0 nitrogen and oxygen atoms in total. The summed E-state index contributed by atoms with van der Waals surface area (Å²) >= 11 is 0. The van der Waals surface area contributed by atoms with E-state index in [1.807, 2.05) is 0 Å². The fraction of sp³-hybridized carbons (Fsp3) is 0.923. The minimum Gasteiger partial charge on any atom is -0.0651 e. The van der Waals surface area contributed by atoms with Crippen LogP contribution in [0.1, 0.15) is 66.2 Å². The van der Waals surface area contributed by atoms with Crippen LogP contribution in [0, 0.1) is 18.3 Å². The SMILES string of the molecule is [CH2]CCCCCC(CC)C(C)(C)C. The Morgan fingerprint density at radius 3 is 2.08 bits per heavy atom. The molecule has 0 heteroatoms. The van der Waals surface area contributed by atoms with E-state index in [-0.39, 0.29) is 0 Å². The first-order valence-electron chi connectivity index (χ1n) is 5.81. The van der Waals surface area contributed by atoms with Crippen LogP contribution in [-0.2, 0) is 0 Å². The number of hydrogen-bond acceptors (Lipinski definition) is 0. The van der Waals surface area contributed by atoms with Gasteiger partial charge in [0.15, 0.2) is 0 Å². The summed E-state index contributed by atoms with van der Waals surface area (Å²) < 4.78 is 0. The third-order valence-electron chi connectivity index (χ3n) is 3.02. The van der Waals surface area contributed by atoms with E-state index in [2.05, 4.69) is 34.6 Å². The van der Waals surface area contributed by atoms with E-state index in [9.17, 15) is 0 Å². The first kappa shape index (κ1) is 13.0. The van der Waals surface area contributed by atoms with Crippen LogP contribution in [0.15, 0.2) is 0 Å². The molecule has 0 aliphatic heterocycles. The Balaban J connectivity index is 3.61. The van der Waals surface area contributed by atoms with Gasteiger partial charge in [-0.15, -0.1) is 0 Å². The highest BCUT2D eigenvalue weighted by molar-refractivity contribution is 4.72. The summed E-state index contributed by atoms with van der Waals surface area (Å²) in [5.74, 6) is 0.900. The predicted molar refractivity (Wildman–Crippen MR) is 61.7 cm³/mol. The van der Waals surface area contributed by atoms with E-state index in [0.29, 0.717) is 5.41 Å². The molecule has 1 unspecified atom stereocenters. The van der Waals surface area contributed by atoms with E-state index in [1.54, 1.807) is 0 Å². The molecule has 0 N–H and O–H groups in total. The second-order valence-electron chi connectivity index (χ2n) is 5.17. The first-order chi connectivity index (χ1) is 6.02. The summed E-state index contributed by atoms with van der Waals surface area (Å²) in [5.41, 5.74) is 0.499. The van der Waals surface area contributed by atoms with Crippen LogP contribution in [0.25, 0.3) is 0 Å². The molecule has 0 aromatic carbocycles. The van der Waals surface area contributed by atoms with Crippen molar-refractivity contribution >= 4 is 0 Å². The molecule has 0 rings (SSSR count). The standard InChI is InChI=1S/C13H27/c1-6-8-9-10-11-12(7-2)13(3,4)5/h12H,1,6-11H2,2-5H3. The number of unbranched alkanes of at least 4 members (excludes halogenated alkanes) is 3. The highest BCUT2D eigenvalue weighted by Gasteiger charge is 2.21.